The predicted molar refractivity (Wildman–Crippen MR) is 125 cm³/mol. The van der Waals surface area contributed by atoms with Gasteiger partial charge in [-0.25, -0.2) is 18.0 Å². The molecular weight excluding hydrogens is 470 g/mol. The Morgan fingerprint density at radius 3 is 2.27 bits per heavy atom. The molecule has 10 nitrogen and oxygen atoms in total. The van der Waals surface area contributed by atoms with Gasteiger partial charge in [0.2, 0.25) is 10.0 Å². The molecule has 1 aromatic heterocycles. The van der Waals surface area contributed by atoms with Gasteiger partial charge in [0, 0.05) is 41.2 Å². The van der Waals surface area contributed by atoms with Gasteiger partial charge in [-0.3, -0.25) is 14.4 Å². The lowest BCUT2D eigenvalue weighted by Gasteiger charge is -2.37. The maximum Gasteiger partial charge on any atom is 0.414 e. The predicted octanol–water partition coefficient (Wildman–Crippen LogP) is 2.01. The Balaban J connectivity index is 0.000000569. The number of amides is 1. The number of hydrogen-bond donors (Lipinski definition) is 4. The van der Waals surface area contributed by atoms with Crippen LogP contribution in [0.1, 0.15) is 40.1 Å². The van der Waals surface area contributed by atoms with E-state index in [1.807, 2.05) is 11.3 Å². The fourth-order valence-electron chi connectivity index (χ4n) is 3.63. The van der Waals surface area contributed by atoms with Crippen LogP contribution in [0.25, 0.3) is 0 Å². The molecule has 0 fully saturated rings. The number of hydrogen-bond acceptors (Lipinski definition) is 7. The Bertz CT molecular complexity index is 1090. The van der Waals surface area contributed by atoms with Crippen LogP contribution in [0.15, 0.2) is 35.7 Å². The Morgan fingerprint density at radius 1 is 1.12 bits per heavy atom. The third-order valence-electron chi connectivity index (χ3n) is 5.12. The number of aliphatic carboxylic acids is 2. The molecule has 0 radical (unpaired) electrons. The number of carboxylic acids is 2. The molecule has 2 heterocycles. The highest BCUT2D eigenvalue weighted by Crippen LogP contribution is 2.37. The van der Waals surface area contributed by atoms with Crippen molar-refractivity contribution in [2.24, 2.45) is 0 Å². The van der Waals surface area contributed by atoms with E-state index in [9.17, 15) is 13.2 Å². The number of anilines is 1. The summed E-state index contributed by atoms with van der Waals surface area (Å²) >= 11 is 1.82. The smallest absolute Gasteiger partial charge is 0.414 e. The molecule has 33 heavy (non-hydrogen) atoms. The number of fused-ring (bicyclic) bond motifs is 1. The highest BCUT2D eigenvalue weighted by atomic mass is 32.2. The van der Waals surface area contributed by atoms with E-state index >= 15 is 0 Å². The quantitative estimate of drug-likeness (QED) is 0.442. The summed E-state index contributed by atoms with van der Waals surface area (Å²) < 4.78 is 24.8. The molecule has 12 heteroatoms. The van der Waals surface area contributed by atoms with Crippen molar-refractivity contribution in [2.75, 3.05) is 24.6 Å². The molecule has 1 amide bonds. The van der Waals surface area contributed by atoms with E-state index in [1.54, 1.807) is 24.3 Å². The molecule has 3 rings (SSSR count). The van der Waals surface area contributed by atoms with E-state index in [1.165, 1.54) is 10.4 Å². The molecule has 0 saturated carbocycles. The van der Waals surface area contributed by atoms with Crippen molar-refractivity contribution < 1.29 is 33.0 Å². The van der Waals surface area contributed by atoms with Gasteiger partial charge in [-0.05, 0) is 54.7 Å². The van der Waals surface area contributed by atoms with Crippen molar-refractivity contribution >= 4 is 44.9 Å². The maximum atomic E-state index is 12.3. The molecular formula is C21H27N3O7S2. The first kappa shape index (κ1) is 26.3. The number of likely N-dealkylation sites (N-methyl/N-ethyl adjacent to an activating group) is 1. The zero-order valence-corrected chi connectivity index (χ0v) is 20.1. The summed E-state index contributed by atoms with van der Waals surface area (Å²) in [6.07, 6.45) is 1.98. The molecule has 0 saturated heterocycles. The first-order valence-corrected chi connectivity index (χ1v) is 12.7. The number of carbonyl (C=O) groups is 3. The first-order chi connectivity index (χ1) is 15.4. The summed E-state index contributed by atoms with van der Waals surface area (Å²) in [7, 11) is -1.18. The number of rotatable bonds is 6. The number of carbonyl (C=O) groups excluding carboxylic acids is 1. The van der Waals surface area contributed by atoms with Crippen LogP contribution in [-0.4, -0.2) is 67.3 Å². The van der Waals surface area contributed by atoms with Crippen LogP contribution in [0.2, 0.25) is 0 Å². The fraction of sp³-hybridized carbons (Fsp3) is 0.381. The summed E-state index contributed by atoms with van der Waals surface area (Å²) in [5, 5.41) is 19.9. The van der Waals surface area contributed by atoms with Crippen molar-refractivity contribution in [3.8, 4) is 0 Å². The Hall–Kier alpha value is -2.96. The molecule has 0 unspecified atom stereocenters. The number of benzene rings is 1. The second-order valence-electron chi connectivity index (χ2n) is 7.69. The Labute approximate surface area is 196 Å². The van der Waals surface area contributed by atoms with Crippen LogP contribution in [0.3, 0.4) is 0 Å². The maximum absolute atomic E-state index is 12.3. The van der Waals surface area contributed by atoms with Crippen LogP contribution in [0, 0.1) is 0 Å². The van der Waals surface area contributed by atoms with Gasteiger partial charge in [0.05, 0.1) is 6.26 Å². The van der Waals surface area contributed by atoms with Gasteiger partial charge < -0.3 is 15.5 Å². The minimum absolute atomic E-state index is 0.149. The van der Waals surface area contributed by atoms with Gasteiger partial charge in [-0.1, -0.05) is 6.92 Å². The Morgan fingerprint density at radius 2 is 1.73 bits per heavy atom. The van der Waals surface area contributed by atoms with Crippen molar-refractivity contribution in [3.05, 3.63) is 51.7 Å². The third-order valence-corrected chi connectivity index (χ3v) is 6.88. The van der Waals surface area contributed by atoms with E-state index in [4.69, 9.17) is 19.8 Å². The molecule has 2 aromatic rings. The minimum atomic E-state index is -3.32. The standard InChI is InChI=1S/C19H25N3O3S2.C2H2O4/c1-13-17(22(2)12-15-9-11-26-18(13)15)8-10-20-19(23)14-4-6-16(7-5-14)21-27(3,24)25;3-1(4)2(5)6/h4-7,9,11,13,17,21H,8,10,12H2,1-3H3,(H,20,23);(H,3,4)(H,5,6)/t13-,17+;/m1./s1. The van der Waals surface area contributed by atoms with Crippen LogP contribution >= 0.6 is 11.3 Å². The summed E-state index contributed by atoms with van der Waals surface area (Å²) in [5.41, 5.74) is 2.37. The number of nitrogens with zero attached hydrogens (tertiary/aromatic N) is 1. The van der Waals surface area contributed by atoms with Gasteiger partial charge in [-0.15, -0.1) is 11.3 Å². The Kier molecular flexibility index (Phi) is 8.97. The molecule has 2 atom stereocenters. The number of carboxylic acid groups (broad SMARTS) is 2. The van der Waals surface area contributed by atoms with Crippen LogP contribution < -0.4 is 10.0 Å². The highest BCUT2D eigenvalue weighted by molar-refractivity contribution is 7.92. The zero-order valence-electron chi connectivity index (χ0n) is 18.4. The monoisotopic (exact) mass is 497 g/mol. The van der Waals surface area contributed by atoms with Crippen molar-refractivity contribution in [3.63, 3.8) is 0 Å². The fourth-order valence-corrected chi connectivity index (χ4v) is 5.23. The van der Waals surface area contributed by atoms with E-state index < -0.39 is 22.0 Å². The average molecular weight is 498 g/mol. The largest absolute Gasteiger partial charge is 0.473 e. The first-order valence-electron chi connectivity index (χ1n) is 9.97. The van der Waals surface area contributed by atoms with Crippen LogP contribution in [0.4, 0.5) is 5.69 Å². The van der Waals surface area contributed by atoms with Gasteiger partial charge in [0.25, 0.3) is 5.91 Å². The summed E-state index contributed by atoms with van der Waals surface area (Å²) in [4.78, 5) is 34.4. The van der Waals surface area contributed by atoms with Crippen molar-refractivity contribution in [2.45, 2.75) is 31.8 Å². The summed E-state index contributed by atoms with van der Waals surface area (Å²) in [6.45, 7) is 3.81. The van der Waals surface area contributed by atoms with Gasteiger partial charge in [0.1, 0.15) is 0 Å². The molecule has 1 aliphatic heterocycles. The van der Waals surface area contributed by atoms with Gasteiger partial charge >= 0.3 is 11.9 Å². The number of thiophene rings is 1. The lowest BCUT2D eigenvalue weighted by atomic mass is 9.89. The second kappa shape index (κ2) is 11.3. The van der Waals surface area contributed by atoms with Crippen molar-refractivity contribution in [1.82, 2.24) is 10.2 Å². The normalized spacial score (nSPS) is 17.8. The molecule has 0 aliphatic carbocycles. The molecule has 1 aliphatic rings. The van der Waals surface area contributed by atoms with E-state index in [-0.39, 0.29) is 5.91 Å². The van der Waals surface area contributed by atoms with Gasteiger partial charge in [-0.2, -0.15) is 0 Å². The number of sulfonamides is 1. The van der Waals surface area contributed by atoms with E-state index in [0.717, 1.165) is 19.2 Å². The molecule has 0 bridgehead atoms. The van der Waals surface area contributed by atoms with Crippen molar-refractivity contribution in [1.29, 1.82) is 0 Å². The molecule has 0 spiro atoms. The van der Waals surface area contributed by atoms with E-state index in [0.29, 0.717) is 29.8 Å². The molecule has 1 aromatic carbocycles. The summed E-state index contributed by atoms with van der Waals surface area (Å²) in [6, 6.07) is 9.02. The molecule has 4 N–H and O–H groups in total. The van der Waals surface area contributed by atoms with E-state index in [2.05, 4.69) is 40.4 Å². The SMILES string of the molecule is C[C@H]1c2sccc2CN(C)[C@H]1CCNC(=O)c1ccc(NS(C)(=O)=O)cc1.O=C(O)C(=O)O. The summed E-state index contributed by atoms with van der Waals surface area (Å²) in [5.74, 6) is -3.34. The lowest BCUT2D eigenvalue weighted by Crippen LogP contribution is -2.41. The lowest BCUT2D eigenvalue weighted by molar-refractivity contribution is -0.159. The average Bonchev–Trinajstić information content (AvgIpc) is 3.18. The number of nitrogens with one attached hydrogen (secondary N) is 2. The van der Waals surface area contributed by atoms with Crippen LogP contribution in [-0.2, 0) is 26.2 Å². The third kappa shape index (κ3) is 7.84. The minimum Gasteiger partial charge on any atom is -0.473 e. The molecule has 180 valence electrons. The highest BCUT2D eigenvalue weighted by Gasteiger charge is 2.30. The van der Waals surface area contributed by atoms with Gasteiger partial charge in [0.15, 0.2) is 0 Å². The zero-order chi connectivity index (χ0) is 24.8. The second-order valence-corrected chi connectivity index (χ2v) is 10.4. The topological polar surface area (TPSA) is 153 Å². The van der Waals surface area contributed by atoms with Crippen LogP contribution in [0.5, 0.6) is 0 Å².